The molecule has 1 saturated heterocycles. The summed E-state index contributed by atoms with van der Waals surface area (Å²) in [6.07, 6.45) is 1.02. The Kier molecular flexibility index (Phi) is 28.6. The van der Waals surface area contributed by atoms with Gasteiger partial charge in [-0.05, 0) is 183 Å². The van der Waals surface area contributed by atoms with Crippen molar-refractivity contribution in [3.8, 4) is 5.75 Å². The van der Waals surface area contributed by atoms with Crippen molar-refractivity contribution >= 4 is 218 Å². The van der Waals surface area contributed by atoms with Crippen LogP contribution in [0.4, 0.5) is 49.9 Å². The lowest BCUT2D eigenvalue weighted by molar-refractivity contribution is -0.133. The highest BCUT2D eigenvalue weighted by Gasteiger charge is 2.54. The smallest absolute Gasteiger partial charge is 0.261 e. The Bertz CT molecular complexity index is 6130. The van der Waals surface area contributed by atoms with Crippen LogP contribution in [0.25, 0.3) is 0 Å². The zero-order valence-corrected chi connectivity index (χ0v) is 75.4. The van der Waals surface area contributed by atoms with Gasteiger partial charge in [0.25, 0.3) is 29.5 Å². The van der Waals surface area contributed by atoms with E-state index < -0.39 is 117 Å². The number of nitrogens with one attached hydrogen (secondary N) is 5. The molecule has 0 spiro atoms. The van der Waals surface area contributed by atoms with Crippen LogP contribution in [0.3, 0.4) is 0 Å². The Morgan fingerprint density at radius 2 is 0.591 bits per heavy atom. The number of nitrogens with zero attached hydrogens (tertiary/aromatic N) is 3. The maximum Gasteiger partial charge on any atom is 0.261 e. The summed E-state index contributed by atoms with van der Waals surface area (Å²) in [7, 11) is 5.68. The average Bonchev–Trinajstić information content (AvgIpc) is 1.62. The van der Waals surface area contributed by atoms with Crippen LogP contribution in [0.15, 0.2) is 187 Å². The van der Waals surface area contributed by atoms with Crippen LogP contribution in [0.2, 0.25) is 45.2 Å². The zero-order valence-electron chi connectivity index (χ0n) is 67.8. The number of carbonyl (C=O) groups excluding carboxylic acids is 10. The average molecular weight is 1930 g/mol. The molecule has 6 aliphatic heterocycles. The standard InChI is InChI=1S/C20H18Cl2N2O3.2C18H16Cl2N2O3.C17H13Cl2NO5S.C17H13ClFNO4/c21-14-7-8-15(22)18-17(14)20(27,19(26)23-18)11-16(25)12-3-5-13(6-4-12)24-9-1-2-10-24;2*1-22(2)11-5-3-10(4-6-11)14(23)9-18(25)15-12(19)7-8-13(20)16(15)21-17(18)24;1-26(24,25)10-4-2-9(3-5-10)13(21)8-17(23)14-11(18)6-7-12(19)15(14)20-16(17)22;1-24-10-4-2-9(3-5-10)13(21)8-17(23)14-11(18)6-7-12(19)15(14)20-16(17)22/h3-8,27H,1-2,9-11H2,(H,23,26);2*3-8,25H,9H2,1-2H3,(H,21,24);2-7,23H,8H2,1H3,(H,20,22);2-7,23H,8H2,1H3,(H,20,22)/t20-;2*18-;2*17-/m11011/s1. The van der Waals surface area contributed by atoms with Crippen LogP contribution in [-0.2, 0) is 61.8 Å². The molecule has 0 aromatic heterocycles. The fourth-order valence-corrected chi connectivity index (χ4v) is 18.0. The number of benzene rings is 10. The van der Waals surface area contributed by atoms with Crippen LogP contribution in [0, 0.1) is 5.82 Å². The minimum atomic E-state index is -3.40. The summed E-state index contributed by atoms with van der Waals surface area (Å²) < 4.78 is 41.8. The SMILES string of the molecule is CN(C)c1ccc(C(=O)C[C@@]2(O)C(=O)Nc3c(Cl)ccc(Cl)c32)cc1.CN(C)c1ccc(C(=O)C[C@]2(O)C(=O)Nc3c(Cl)ccc(Cl)c32)cc1.COc1ccc(C(=O)C[C@]2(O)C(=O)Nc3c(F)ccc(Cl)c32)cc1.CS(=O)(=O)c1ccc(C(=O)C[C@]2(O)C(=O)Nc3c(Cl)ccc(Cl)c32)cc1.O=C(C[C@]1(O)C(=O)Nc2c(Cl)ccc(Cl)c21)c1ccc(N2CCCC2)cc1. The number of hydrogen-bond acceptors (Lipinski definition) is 21. The normalized spacial score (nSPS) is 19.4. The second-order valence-electron chi connectivity index (χ2n) is 30.6. The third-order valence-corrected chi connectivity index (χ3v) is 25.8. The molecule has 0 aliphatic carbocycles. The van der Waals surface area contributed by atoms with Gasteiger partial charge < -0.3 is 71.6 Å². The van der Waals surface area contributed by atoms with Crippen LogP contribution in [0.5, 0.6) is 5.75 Å². The number of ether oxygens (including phenoxy) is 1. The van der Waals surface area contributed by atoms with E-state index in [9.17, 15) is 86.3 Å². The fraction of sp³-hybridized carbons (Fsp3) is 0.222. The Morgan fingerprint density at radius 3 is 0.850 bits per heavy atom. The highest BCUT2D eigenvalue weighted by molar-refractivity contribution is 7.90. The molecular formula is C90H76Cl9FN8O18S. The molecule has 0 unspecified atom stereocenters. The van der Waals surface area contributed by atoms with Gasteiger partial charge in [0.1, 0.15) is 11.6 Å². The van der Waals surface area contributed by atoms with Gasteiger partial charge in [-0.25, -0.2) is 12.8 Å². The van der Waals surface area contributed by atoms with E-state index in [1.165, 1.54) is 111 Å². The van der Waals surface area contributed by atoms with E-state index >= 15 is 0 Å². The van der Waals surface area contributed by atoms with E-state index in [-0.39, 0.29) is 135 Å². The lowest BCUT2D eigenvalue weighted by atomic mass is 9.88. The third kappa shape index (κ3) is 19.4. The van der Waals surface area contributed by atoms with Crippen molar-refractivity contribution in [1.29, 1.82) is 0 Å². The molecule has 127 heavy (non-hydrogen) atoms. The third-order valence-electron chi connectivity index (χ3n) is 21.8. The molecule has 10 aromatic carbocycles. The van der Waals surface area contributed by atoms with Crippen molar-refractivity contribution in [3.05, 3.63) is 289 Å². The summed E-state index contributed by atoms with van der Waals surface area (Å²) >= 11 is 54.8. The van der Waals surface area contributed by atoms with Gasteiger partial charge in [0, 0.05) is 145 Å². The lowest BCUT2D eigenvalue weighted by Gasteiger charge is -2.21. The topological polar surface area (TPSA) is 385 Å². The van der Waals surface area contributed by atoms with Gasteiger partial charge in [0.2, 0.25) is 0 Å². The molecular weight excluding hydrogens is 1850 g/mol. The van der Waals surface area contributed by atoms with Crippen molar-refractivity contribution < 1.29 is 91.0 Å². The number of carbonyl (C=O) groups is 10. The van der Waals surface area contributed by atoms with Crippen molar-refractivity contribution in [1.82, 2.24) is 0 Å². The number of Topliss-reactive ketones (excluding diaryl/α,β-unsaturated/α-hetero) is 5. The minimum absolute atomic E-state index is 0.00906. The molecule has 5 atom stereocenters. The van der Waals surface area contributed by atoms with Crippen molar-refractivity contribution in [2.45, 2.75) is 77.8 Å². The Morgan fingerprint density at radius 1 is 0.362 bits per heavy atom. The van der Waals surface area contributed by atoms with E-state index in [0.29, 0.717) is 22.4 Å². The quantitative estimate of drug-likeness (QED) is 0.0317. The number of aliphatic hydroxyl groups is 5. The maximum absolute atomic E-state index is 13.8. The Balaban J connectivity index is 0.000000144. The molecule has 660 valence electrons. The monoisotopic (exact) mass is 1920 g/mol. The van der Waals surface area contributed by atoms with E-state index in [1.54, 1.807) is 72.8 Å². The first-order chi connectivity index (χ1) is 59.8. The molecule has 0 bridgehead atoms. The molecule has 10 N–H and O–H groups in total. The number of rotatable bonds is 20. The number of anilines is 8. The summed E-state index contributed by atoms with van der Waals surface area (Å²) in [6, 6.07) is 46.8. The van der Waals surface area contributed by atoms with Gasteiger partial charge in [-0.3, -0.25) is 47.9 Å². The first-order valence-corrected chi connectivity index (χ1v) is 43.7. The number of hydrogen-bond donors (Lipinski definition) is 10. The van der Waals surface area contributed by atoms with Crippen LogP contribution >= 0.6 is 104 Å². The summed E-state index contributed by atoms with van der Waals surface area (Å²) in [5, 5.41) is 68.3. The molecule has 6 aliphatic rings. The largest absolute Gasteiger partial charge is 0.497 e. The molecule has 0 radical (unpaired) electrons. The summed E-state index contributed by atoms with van der Waals surface area (Å²) in [5.74, 6) is -6.08. The highest BCUT2D eigenvalue weighted by atomic mass is 35.5. The molecule has 1 fully saturated rings. The Labute approximate surface area is 771 Å². The number of ketones is 5. The van der Waals surface area contributed by atoms with Crippen LogP contribution < -0.4 is 46.0 Å². The summed E-state index contributed by atoms with van der Waals surface area (Å²) in [4.78, 5) is 131. The molecule has 6 heterocycles. The molecule has 10 aromatic rings. The van der Waals surface area contributed by atoms with Gasteiger partial charge in [0.15, 0.2) is 66.8 Å². The van der Waals surface area contributed by atoms with E-state index in [0.717, 1.165) is 42.5 Å². The molecule has 26 nitrogen and oxygen atoms in total. The fourth-order valence-electron chi connectivity index (χ4n) is 14.9. The van der Waals surface area contributed by atoms with E-state index in [1.807, 2.05) is 50.1 Å². The number of sulfone groups is 1. The van der Waals surface area contributed by atoms with Crippen LogP contribution in [0.1, 0.15) is 125 Å². The van der Waals surface area contributed by atoms with Gasteiger partial charge in [-0.15, -0.1) is 0 Å². The van der Waals surface area contributed by atoms with Crippen molar-refractivity contribution in [2.75, 3.05) is 95.9 Å². The van der Waals surface area contributed by atoms with Gasteiger partial charge in [-0.1, -0.05) is 117 Å². The highest BCUT2D eigenvalue weighted by Crippen LogP contribution is 2.52. The van der Waals surface area contributed by atoms with Crippen molar-refractivity contribution in [2.24, 2.45) is 0 Å². The molecule has 16 rings (SSSR count). The van der Waals surface area contributed by atoms with Gasteiger partial charge >= 0.3 is 0 Å². The number of halogens is 10. The van der Waals surface area contributed by atoms with E-state index in [2.05, 4.69) is 31.5 Å². The van der Waals surface area contributed by atoms with Crippen molar-refractivity contribution in [3.63, 3.8) is 0 Å². The van der Waals surface area contributed by atoms with E-state index in [4.69, 9.17) is 109 Å². The predicted molar refractivity (Wildman–Crippen MR) is 487 cm³/mol. The first-order valence-electron chi connectivity index (χ1n) is 38.4. The number of amides is 5. The molecule has 37 heteroatoms. The Hall–Kier alpha value is -10.6. The molecule has 5 amide bonds. The maximum atomic E-state index is 13.8. The lowest BCUT2D eigenvalue weighted by Crippen LogP contribution is -2.36. The molecule has 0 saturated carbocycles. The zero-order chi connectivity index (χ0) is 92.6. The second-order valence-corrected chi connectivity index (χ2v) is 36.3. The minimum Gasteiger partial charge on any atom is -0.497 e. The summed E-state index contributed by atoms with van der Waals surface area (Å²) in [5.41, 5.74) is -4.77. The predicted octanol–water partition coefficient (Wildman–Crippen LogP) is 16.7. The van der Waals surface area contributed by atoms with Gasteiger partial charge in [-0.2, -0.15) is 0 Å². The summed E-state index contributed by atoms with van der Waals surface area (Å²) in [6.45, 7) is 2.03. The van der Waals surface area contributed by atoms with Gasteiger partial charge in [0.05, 0.1) is 92.6 Å². The number of methoxy groups -OCH3 is 1. The first kappa shape index (κ1) is 95.5. The second kappa shape index (κ2) is 38.0. The number of fused-ring (bicyclic) bond motifs is 5. The van der Waals surface area contributed by atoms with Crippen LogP contribution in [-0.4, -0.2) is 147 Å².